The Morgan fingerprint density at radius 1 is 1.44 bits per heavy atom. The molecule has 0 saturated heterocycles. The van der Waals surface area contributed by atoms with Gasteiger partial charge in [-0.3, -0.25) is 4.79 Å². The van der Waals surface area contributed by atoms with Crippen LogP contribution in [0.2, 0.25) is 0 Å². The Balaban J connectivity index is 4.15. The van der Waals surface area contributed by atoms with Crippen molar-refractivity contribution < 1.29 is 9.59 Å². The van der Waals surface area contributed by atoms with Gasteiger partial charge >= 0.3 is 0 Å². The highest BCUT2D eigenvalue weighted by atomic mass is 16.1. The first kappa shape index (κ1) is 8.34. The van der Waals surface area contributed by atoms with Crippen molar-refractivity contribution in [3.05, 3.63) is 0 Å². The van der Waals surface area contributed by atoms with Gasteiger partial charge in [-0.05, 0) is 12.8 Å². The topological polar surface area (TPSA) is 34.1 Å². The summed E-state index contributed by atoms with van der Waals surface area (Å²) in [6.07, 6.45) is 3.53. The van der Waals surface area contributed by atoms with Crippen molar-refractivity contribution >= 4 is 12.6 Å². The summed E-state index contributed by atoms with van der Waals surface area (Å²) < 4.78 is 0. The molecular weight excluding hydrogens is 116 g/mol. The third-order valence-corrected chi connectivity index (χ3v) is 1.69. The second kappa shape index (κ2) is 3.38. The van der Waals surface area contributed by atoms with E-state index < -0.39 is 5.41 Å². The zero-order chi connectivity index (χ0) is 7.33. The lowest BCUT2D eigenvalue weighted by molar-refractivity contribution is -0.113. The molecule has 51 valence electrons. The molecular formula is C7H11O2. The maximum Gasteiger partial charge on any atom is 0.212 e. The first-order chi connectivity index (χ1) is 4.24. The molecule has 1 radical (unpaired) electrons. The van der Waals surface area contributed by atoms with Crippen molar-refractivity contribution in [2.24, 2.45) is 5.41 Å². The molecule has 0 aromatic heterocycles. The fraction of sp³-hybridized carbons (Fsp3) is 0.714. The van der Waals surface area contributed by atoms with E-state index in [1.165, 1.54) is 0 Å². The zero-order valence-electron chi connectivity index (χ0n) is 5.81. The number of aldehydes is 1. The van der Waals surface area contributed by atoms with Gasteiger partial charge in [-0.2, -0.15) is 0 Å². The van der Waals surface area contributed by atoms with Crippen molar-refractivity contribution in [3.8, 4) is 0 Å². The normalized spacial score (nSPS) is 10.9. The van der Waals surface area contributed by atoms with E-state index in [1.54, 1.807) is 6.29 Å². The molecule has 0 heterocycles. The van der Waals surface area contributed by atoms with Gasteiger partial charge in [0.05, 0.1) is 5.41 Å². The molecule has 0 aliphatic heterocycles. The fourth-order valence-corrected chi connectivity index (χ4v) is 0.585. The Labute approximate surface area is 55.3 Å². The van der Waals surface area contributed by atoms with Crippen molar-refractivity contribution in [2.45, 2.75) is 26.7 Å². The third-order valence-electron chi connectivity index (χ3n) is 1.69. The molecule has 0 N–H and O–H groups in total. The van der Waals surface area contributed by atoms with E-state index in [1.807, 2.05) is 13.8 Å². The summed E-state index contributed by atoms with van der Waals surface area (Å²) in [5, 5.41) is 0. The largest absolute Gasteiger partial charge is 0.302 e. The molecule has 0 aromatic rings. The molecule has 0 unspecified atom stereocenters. The summed E-state index contributed by atoms with van der Waals surface area (Å²) in [5.41, 5.74) is -0.819. The average molecular weight is 127 g/mol. The monoisotopic (exact) mass is 127 g/mol. The molecule has 0 atom stereocenters. The van der Waals surface area contributed by atoms with Gasteiger partial charge in [0.15, 0.2) is 0 Å². The lowest BCUT2D eigenvalue weighted by Crippen LogP contribution is -2.21. The lowest BCUT2D eigenvalue weighted by Gasteiger charge is -2.13. The van der Waals surface area contributed by atoms with Crippen LogP contribution in [-0.4, -0.2) is 12.6 Å². The molecule has 9 heavy (non-hydrogen) atoms. The highest BCUT2D eigenvalue weighted by molar-refractivity contribution is 5.83. The number of carbonyl (C=O) groups is 1. The molecule has 0 aromatic carbocycles. The van der Waals surface area contributed by atoms with Crippen molar-refractivity contribution in [3.63, 3.8) is 0 Å². The van der Waals surface area contributed by atoms with Crippen molar-refractivity contribution in [1.82, 2.24) is 0 Å². The van der Waals surface area contributed by atoms with Gasteiger partial charge in [0.25, 0.3) is 0 Å². The maximum absolute atomic E-state index is 10.3. The van der Waals surface area contributed by atoms with E-state index in [9.17, 15) is 9.59 Å². The molecule has 2 nitrogen and oxygen atoms in total. The summed E-state index contributed by atoms with van der Waals surface area (Å²) in [4.78, 5) is 20.4. The second-order valence-electron chi connectivity index (χ2n) is 2.08. The van der Waals surface area contributed by atoms with Crippen molar-refractivity contribution in [2.75, 3.05) is 0 Å². The molecule has 0 rings (SSSR count). The average Bonchev–Trinajstić information content (AvgIpc) is 1.95. The minimum Gasteiger partial charge on any atom is -0.302 e. The number of hydrogen-bond acceptors (Lipinski definition) is 2. The predicted octanol–water partition coefficient (Wildman–Crippen LogP) is 1.10. The van der Waals surface area contributed by atoms with Gasteiger partial charge in [-0.15, -0.1) is 0 Å². The van der Waals surface area contributed by atoms with E-state index in [-0.39, 0.29) is 0 Å². The smallest absolute Gasteiger partial charge is 0.212 e. The predicted molar refractivity (Wildman–Crippen MR) is 34.8 cm³/mol. The molecule has 0 spiro atoms. The second-order valence-corrected chi connectivity index (χ2v) is 2.08. The maximum atomic E-state index is 10.3. The van der Waals surface area contributed by atoms with Crippen molar-refractivity contribution in [1.29, 1.82) is 0 Å². The van der Waals surface area contributed by atoms with Gasteiger partial charge in [-0.25, -0.2) is 0 Å². The van der Waals surface area contributed by atoms with Gasteiger partial charge in [0, 0.05) is 0 Å². The van der Waals surface area contributed by atoms with Crippen LogP contribution in [0.25, 0.3) is 0 Å². The van der Waals surface area contributed by atoms with E-state index in [4.69, 9.17) is 0 Å². The SMILES string of the molecule is CCC([C]=O)(C=O)CC. The first-order valence-electron chi connectivity index (χ1n) is 3.10. The van der Waals surface area contributed by atoms with Crippen LogP contribution in [0.4, 0.5) is 0 Å². The molecule has 0 aliphatic rings. The van der Waals surface area contributed by atoms with Crippen LogP contribution in [0.1, 0.15) is 26.7 Å². The van der Waals surface area contributed by atoms with Crippen LogP contribution in [0.5, 0.6) is 0 Å². The summed E-state index contributed by atoms with van der Waals surface area (Å²) >= 11 is 0. The minimum absolute atomic E-state index is 0.552. The molecule has 0 aliphatic carbocycles. The van der Waals surface area contributed by atoms with Gasteiger partial charge < -0.3 is 4.79 Å². The minimum atomic E-state index is -0.819. The third kappa shape index (κ3) is 1.63. The zero-order valence-corrected chi connectivity index (χ0v) is 5.81. The Bertz CT molecular complexity index is 93.5. The van der Waals surface area contributed by atoms with Gasteiger partial charge in [0.1, 0.15) is 6.29 Å². The molecule has 0 amide bonds. The van der Waals surface area contributed by atoms with E-state index in [0.29, 0.717) is 19.1 Å². The van der Waals surface area contributed by atoms with E-state index >= 15 is 0 Å². The van der Waals surface area contributed by atoms with Crippen LogP contribution in [0.15, 0.2) is 0 Å². The van der Waals surface area contributed by atoms with E-state index in [2.05, 4.69) is 0 Å². The quantitative estimate of drug-likeness (QED) is 0.418. The van der Waals surface area contributed by atoms with Gasteiger partial charge in [-0.1, -0.05) is 13.8 Å². The number of hydrogen-bond donors (Lipinski definition) is 0. The van der Waals surface area contributed by atoms with Gasteiger partial charge in [0.2, 0.25) is 6.29 Å². The lowest BCUT2D eigenvalue weighted by atomic mass is 9.86. The summed E-state index contributed by atoms with van der Waals surface area (Å²) in [7, 11) is 0. The van der Waals surface area contributed by atoms with Crippen LogP contribution < -0.4 is 0 Å². The standard InChI is InChI=1S/C7H11O2/c1-3-7(4-2,5-8)6-9/h5H,3-4H2,1-2H3. The Hall–Kier alpha value is -0.660. The van der Waals surface area contributed by atoms with E-state index in [0.717, 1.165) is 0 Å². The van der Waals surface area contributed by atoms with Crippen LogP contribution in [0.3, 0.4) is 0 Å². The molecule has 2 heteroatoms. The fourth-order valence-electron chi connectivity index (χ4n) is 0.585. The van der Waals surface area contributed by atoms with Crippen LogP contribution >= 0.6 is 0 Å². The van der Waals surface area contributed by atoms with Crippen LogP contribution in [0, 0.1) is 5.41 Å². The summed E-state index contributed by atoms with van der Waals surface area (Å²) in [5.74, 6) is 0. The summed E-state index contributed by atoms with van der Waals surface area (Å²) in [6, 6.07) is 0. The molecule has 0 bridgehead atoms. The Morgan fingerprint density at radius 3 is 1.89 bits per heavy atom. The number of rotatable bonds is 4. The Kier molecular flexibility index (Phi) is 3.13. The number of carbonyl (C=O) groups excluding carboxylic acids is 2. The highest BCUT2D eigenvalue weighted by Crippen LogP contribution is 2.19. The molecule has 0 fully saturated rings. The summed E-state index contributed by atoms with van der Waals surface area (Å²) in [6.45, 7) is 3.62. The first-order valence-corrected chi connectivity index (χ1v) is 3.10. The molecule has 0 saturated carbocycles. The Morgan fingerprint density at radius 2 is 1.89 bits per heavy atom. The highest BCUT2D eigenvalue weighted by Gasteiger charge is 2.25. The van der Waals surface area contributed by atoms with Crippen LogP contribution in [-0.2, 0) is 9.59 Å².